The second-order valence-electron chi connectivity index (χ2n) is 11.0. The van der Waals surface area contributed by atoms with Crippen molar-refractivity contribution in [1.82, 2.24) is 0 Å². The van der Waals surface area contributed by atoms with Crippen molar-refractivity contribution < 1.29 is 64.3 Å². The van der Waals surface area contributed by atoms with Crippen molar-refractivity contribution >= 4 is 34.0 Å². The minimum Gasteiger partial charge on any atom is -0.743 e. The molecule has 0 N–H and O–H groups in total. The molecule has 7 unspecified atom stereocenters. The van der Waals surface area contributed by atoms with Crippen LogP contribution in [0.15, 0.2) is 0 Å². The molecule has 1 heterocycles. The van der Waals surface area contributed by atoms with Crippen LogP contribution in [0.3, 0.4) is 0 Å². The maximum Gasteiger partial charge on any atom is 0.368 e. The summed E-state index contributed by atoms with van der Waals surface area (Å²) in [4.78, 5) is 50.2. The highest BCUT2D eigenvalue weighted by Gasteiger charge is 2.70. The Bertz CT molecular complexity index is 1120. The number of alkyl halides is 3. The summed E-state index contributed by atoms with van der Waals surface area (Å²) < 4.78 is 92.2. The van der Waals surface area contributed by atoms with E-state index < -0.39 is 100 Å². The monoisotopic (exact) mass is 583 g/mol. The van der Waals surface area contributed by atoms with Crippen molar-refractivity contribution in [3.8, 4) is 0 Å². The molecule has 220 valence electrons. The van der Waals surface area contributed by atoms with E-state index in [1.807, 2.05) is 13.8 Å². The van der Waals surface area contributed by atoms with E-state index in [9.17, 15) is 45.3 Å². The van der Waals surface area contributed by atoms with Gasteiger partial charge in [-0.3, -0.25) is 19.2 Å². The van der Waals surface area contributed by atoms with Crippen molar-refractivity contribution in [2.45, 2.75) is 88.0 Å². The fourth-order valence-corrected chi connectivity index (χ4v) is 6.80. The Kier molecular flexibility index (Phi) is 7.98. The van der Waals surface area contributed by atoms with E-state index in [2.05, 4.69) is 4.74 Å². The lowest BCUT2D eigenvalue weighted by Crippen LogP contribution is -2.47. The molecular weight excluding hydrogens is 553 g/mol. The normalized spacial score (nSPS) is 31.7. The average Bonchev–Trinajstić information content (AvgIpc) is 3.59. The van der Waals surface area contributed by atoms with Gasteiger partial charge in [0.1, 0.15) is 24.4 Å². The van der Waals surface area contributed by atoms with E-state index in [4.69, 9.17) is 14.2 Å². The van der Waals surface area contributed by atoms with E-state index >= 15 is 0 Å². The molecule has 4 rings (SSSR count). The molecule has 4 fully saturated rings. The first kappa shape index (κ1) is 29.6. The van der Waals surface area contributed by atoms with Crippen LogP contribution in [-0.4, -0.2) is 72.7 Å². The van der Waals surface area contributed by atoms with Crippen LogP contribution in [-0.2, 0) is 48.2 Å². The average molecular weight is 584 g/mol. The number of halogens is 3. The smallest absolute Gasteiger partial charge is 0.368 e. The van der Waals surface area contributed by atoms with E-state index in [0.29, 0.717) is 6.42 Å². The maximum absolute atomic E-state index is 13.4. The van der Waals surface area contributed by atoms with E-state index in [0.717, 1.165) is 25.7 Å². The first-order valence-corrected chi connectivity index (χ1v) is 14.3. The van der Waals surface area contributed by atoms with Gasteiger partial charge in [-0.15, -0.1) is 0 Å². The molecule has 3 saturated carbocycles. The van der Waals surface area contributed by atoms with Gasteiger partial charge in [0.15, 0.2) is 10.1 Å². The van der Waals surface area contributed by atoms with Gasteiger partial charge in [0.05, 0.1) is 24.7 Å². The SMILES string of the molecule is CC(C)C1(OC(=O)C2C3CC4C(OC(=O)C42)C3OC(=O)CCC(=O)OCC(F)C(F)(F)S(=O)(=O)[O-])CCCC1. The zero-order chi connectivity index (χ0) is 28.9. The molecule has 15 heteroatoms. The Morgan fingerprint density at radius 3 is 2.33 bits per heavy atom. The van der Waals surface area contributed by atoms with Crippen molar-refractivity contribution in [3.05, 3.63) is 0 Å². The van der Waals surface area contributed by atoms with Gasteiger partial charge in [-0.1, -0.05) is 13.8 Å². The molecule has 0 aromatic heterocycles. The molecule has 0 amide bonds. The van der Waals surface area contributed by atoms with Crippen LogP contribution in [0.5, 0.6) is 0 Å². The van der Waals surface area contributed by atoms with Crippen molar-refractivity contribution in [3.63, 3.8) is 0 Å². The summed E-state index contributed by atoms with van der Waals surface area (Å²) in [6.45, 7) is 2.23. The summed E-state index contributed by atoms with van der Waals surface area (Å²) >= 11 is 0. The van der Waals surface area contributed by atoms with E-state index in [1.165, 1.54) is 0 Å². The number of fused-ring (bicyclic) bond motifs is 1. The Morgan fingerprint density at radius 1 is 1.13 bits per heavy atom. The molecule has 7 atom stereocenters. The summed E-state index contributed by atoms with van der Waals surface area (Å²) in [5, 5.41) is -5.30. The Hall–Kier alpha value is -2.42. The molecule has 0 radical (unpaired) electrons. The quantitative estimate of drug-likeness (QED) is 0.199. The van der Waals surface area contributed by atoms with Gasteiger partial charge in [0.25, 0.3) is 0 Å². The lowest BCUT2D eigenvalue weighted by atomic mass is 9.78. The van der Waals surface area contributed by atoms with Crippen molar-refractivity contribution in [2.24, 2.45) is 29.6 Å². The number of ether oxygens (including phenoxy) is 4. The minimum absolute atomic E-state index is 0.0720. The van der Waals surface area contributed by atoms with Gasteiger partial charge in [-0.25, -0.2) is 12.8 Å². The summed E-state index contributed by atoms with van der Waals surface area (Å²) in [6.07, 6.45) is -2.94. The fraction of sp³-hybridized carbons (Fsp3) is 0.833. The van der Waals surface area contributed by atoms with Crippen molar-refractivity contribution in [1.29, 1.82) is 0 Å². The number of carbonyl (C=O) groups excluding carboxylic acids is 4. The summed E-state index contributed by atoms with van der Waals surface area (Å²) in [5.41, 5.74) is -0.617. The molecule has 39 heavy (non-hydrogen) atoms. The van der Waals surface area contributed by atoms with Crippen molar-refractivity contribution in [2.75, 3.05) is 6.61 Å². The third kappa shape index (κ3) is 5.35. The standard InChI is InChI=1S/C24H31F3O11S/c1-11(2)23(7-3-4-8-23)38-22(31)18-13-9-12-17(18)21(30)37-20(12)19(13)36-16(29)6-5-15(28)35-10-14(25)24(26,27)39(32,33)34/h11-14,17-20H,3-10H2,1-2H3,(H,32,33,34)/p-1. The lowest BCUT2D eigenvalue weighted by Gasteiger charge is -2.37. The van der Waals surface area contributed by atoms with Gasteiger partial charge < -0.3 is 23.5 Å². The molecule has 1 aliphatic heterocycles. The largest absolute Gasteiger partial charge is 0.743 e. The molecule has 3 aliphatic carbocycles. The number of hydrogen-bond donors (Lipinski definition) is 0. The number of rotatable bonds is 11. The van der Waals surface area contributed by atoms with E-state index in [-0.39, 0.29) is 11.8 Å². The fourth-order valence-electron chi connectivity index (χ4n) is 6.41. The highest BCUT2D eigenvalue weighted by Crippen LogP contribution is 2.59. The van der Waals surface area contributed by atoms with Gasteiger partial charge in [0, 0.05) is 11.8 Å². The maximum atomic E-state index is 13.4. The molecular formula is C24H30F3O11S-. The first-order chi connectivity index (χ1) is 18.1. The van der Waals surface area contributed by atoms with Gasteiger partial charge >= 0.3 is 29.1 Å². The highest BCUT2D eigenvalue weighted by atomic mass is 32.2. The zero-order valence-electron chi connectivity index (χ0n) is 21.3. The second kappa shape index (κ2) is 10.5. The highest BCUT2D eigenvalue weighted by molar-refractivity contribution is 7.86. The minimum atomic E-state index is -6.32. The zero-order valence-corrected chi connectivity index (χ0v) is 22.1. The van der Waals surface area contributed by atoms with Gasteiger partial charge in [-0.2, -0.15) is 8.78 Å². The van der Waals surface area contributed by atoms with Crippen LogP contribution in [0.4, 0.5) is 13.2 Å². The number of hydrogen-bond acceptors (Lipinski definition) is 11. The predicted octanol–water partition coefficient (Wildman–Crippen LogP) is 2.02. The Morgan fingerprint density at radius 2 is 1.74 bits per heavy atom. The van der Waals surface area contributed by atoms with Gasteiger partial charge in [-0.05, 0) is 38.0 Å². The predicted molar refractivity (Wildman–Crippen MR) is 120 cm³/mol. The second-order valence-corrected chi connectivity index (χ2v) is 12.4. The molecule has 11 nitrogen and oxygen atoms in total. The van der Waals surface area contributed by atoms with E-state index in [1.54, 1.807) is 0 Å². The molecule has 2 bridgehead atoms. The number of esters is 4. The van der Waals surface area contributed by atoms with Crippen LogP contribution >= 0.6 is 0 Å². The van der Waals surface area contributed by atoms with Crippen LogP contribution in [0.2, 0.25) is 0 Å². The number of carbonyl (C=O) groups is 4. The van der Waals surface area contributed by atoms with Crippen LogP contribution in [0.1, 0.15) is 58.8 Å². The summed E-state index contributed by atoms with van der Waals surface area (Å²) in [6, 6.07) is 0. The van der Waals surface area contributed by atoms with Gasteiger partial charge in [0.2, 0.25) is 6.17 Å². The molecule has 4 aliphatic rings. The lowest BCUT2D eigenvalue weighted by molar-refractivity contribution is -0.178. The molecule has 0 spiro atoms. The van der Waals surface area contributed by atoms with Crippen LogP contribution in [0.25, 0.3) is 0 Å². The topological polar surface area (TPSA) is 162 Å². The first-order valence-electron chi connectivity index (χ1n) is 12.8. The molecule has 0 aromatic carbocycles. The molecule has 0 aromatic rings. The van der Waals surface area contributed by atoms with Crippen LogP contribution in [0, 0.1) is 29.6 Å². The summed E-state index contributed by atoms with van der Waals surface area (Å²) in [7, 11) is -6.32. The third-order valence-corrected chi connectivity index (χ3v) is 9.44. The Balaban J connectivity index is 1.33. The molecule has 1 saturated heterocycles. The van der Waals surface area contributed by atoms with Crippen LogP contribution < -0.4 is 0 Å². The Labute approximate surface area is 222 Å². The summed E-state index contributed by atoms with van der Waals surface area (Å²) in [5.74, 6) is -5.66. The third-order valence-electron chi connectivity index (χ3n) is 8.51.